The number of sulfonamides is 1. The molecule has 0 aliphatic heterocycles. The zero-order valence-corrected chi connectivity index (χ0v) is 18.6. The van der Waals surface area contributed by atoms with E-state index in [1.807, 2.05) is 37.3 Å². The molecule has 0 fully saturated rings. The molecule has 3 aromatic carbocycles. The fraction of sp³-hybridized carbons (Fsp3) is 0.136. The Hall–Kier alpha value is -2.84. The lowest BCUT2D eigenvalue weighted by Gasteiger charge is -2.15. The summed E-state index contributed by atoms with van der Waals surface area (Å²) in [6.45, 7) is 1.73. The van der Waals surface area contributed by atoms with E-state index < -0.39 is 10.0 Å². The van der Waals surface area contributed by atoms with E-state index in [-0.39, 0.29) is 23.5 Å². The molecule has 6 nitrogen and oxygen atoms in total. The summed E-state index contributed by atoms with van der Waals surface area (Å²) in [5.41, 5.74) is 1.46. The Balaban J connectivity index is 1.55. The van der Waals surface area contributed by atoms with Crippen molar-refractivity contribution >= 4 is 37.5 Å². The van der Waals surface area contributed by atoms with Gasteiger partial charge in [0.25, 0.3) is 15.9 Å². The summed E-state index contributed by atoms with van der Waals surface area (Å²) in [6.07, 6.45) is 0. The van der Waals surface area contributed by atoms with Crippen molar-refractivity contribution < 1.29 is 17.9 Å². The van der Waals surface area contributed by atoms with E-state index in [2.05, 4.69) is 26.0 Å². The molecule has 0 aliphatic carbocycles. The minimum atomic E-state index is -3.72. The predicted octanol–water partition coefficient (Wildman–Crippen LogP) is 4.51. The van der Waals surface area contributed by atoms with E-state index in [4.69, 9.17) is 4.74 Å². The first-order valence-electron chi connectivity index (χ1n) is 9.19. The number of anilines is 1. The van der Waals surface area contributed by atoms with Gasteiger partial charge in [-0.2, -0.15) is 0 Å². The highest BCUT2D eigenvalue weighted by Crippen LogP contribution is 2.21. The Morgan fingerprint density at radius 2 is 1.60 bits per heavy atom. The van der Waals surface area contributed by atoms with Crippen molar-refractivity contribution in [2.75, 3.05) is 11.3 Å². The first-order chi connectivity index (χ1) is 14.3. The predicted molar refractivity (Wildman–Crippen MR) is 120 cm³/mol. The summed E-state index contributed by atoms with van der Waals surface area (Å²) in [5.74, 6) is 0.139. The maximum Gasteiger partial charge on any atom is 0.261 e. The molecule has 0 aliphatic rings. The molecule has 0 saturated heterocycles. The number of hydrogen-bond acceptors (Lipinski definition) is 4. The van der Waals surface area contributed by atoms with Gasteiger partial charge in [0, 0.05) is 10.2 Å². The van der Waals surface area contributed by atoms with Crippen molar-refractivity contribution in [3.8, 4) is 5.75 Å². The number of halogens is 1. The van der Waals surface area contributed by atoms with E-state index in [9.17, 15) is 13.2 Å². The van der Waals surface area contributed by atoms with E-state index in [0.717, 1.165) is 10.0 Å². The summed E-state index contributed by atoms with van der Waals surface area (Å²) in [7, 11) is -3.72. The molecular weight excluding hydrogens is 468 g/mol. The first kappa shape index (κ1) is 21.9. The van der Waals surface area contributed by atoms with Gasteiger partial charge in [0.05, 0.1) is 10.9 Å². The van der Waals surface area contributed by atoms with Crippen LogP contribution in [0.4, 0.5) is 5.69 Å². The molecule has 0 aromatic heterocycles. The Morgan fingerprint density at radius 3 is 2.23 bits per heavy atom. The highest BCUT2D eigenvalue weighted by Gasteiger charge is 2.15. The summed E-state index contributed by atoms with van der Waals surface area (Å²) in [5, 5.41) is 2.86. The normalized spacial score (nSPS) is 12.1. The number of carbonyl (C=O) groups is 1. The molecule has 0 unspecified atom stereocenters. The SMILES string of the molecule is C[C@@H](NC(=O)COc1ccc(S(=O)(=O)Nc2ccc(Br)cc2)cc1)c1ccccc1. The number of ether oxygens (including phenoxy) is 1. The molecule has 0 saturated carbocycles. The molecule has 0 spiro atoms. The molecule has 8 heteroatoms. The van der Waals surface area contributed by atoms with Gasteiger partial charge in [-0.15, -0.1) is 0 Å². The Kier molecular flexibility index (Phi) is 7.12. The van der Waals surface area contributed by atoms with E-state index in [0.29, 0.717) is 11.4 Å². The minimum absolute atomic E-state index is 0.0971. The van der Waals surface area contributed by atoms with E-state index >= 15 is 0 Å². The van der Waals surface area contributed by atoms with Crippen molar-refractivity contribution in [1.29, 1.82) is 0 Å². The smallest absolute Gasteiger partial charge is 0.261 e. The quantitative estimate of drug-likeness (QED) is 0.488. The highest BCUT2D eigenvalue weighted by atomic mass is 79.9. The van der Waals surface area contributed by atoms with Gasteiger partial charge in [0.15, 0.2) is 6.61 Å². The second-order valence-electron chi connectivity index (χ2n) is 6.57. The number of benzene rings is 3. The van der Waals surface area contributed by atoms with Gasteiger partial charge < -0.3 is 10.1 Å². The standard InChI is InChI=1S/C22H21BrN2O4S/c1-16(17-5-3-2-4-6-17)24-22(26)15-29-20-11-13-21(14-12-20)30(27,28)25-19-9-7-18(23)8-10-19/h2-14,16,25H,15H2,1H3,(H,24,26)/t16-/m1/s1. The molecule has 156 valence electrons. The monoisotopic (exact) mass is 488 g/mol. The Morgan fingerprint density at radius 1 is 0.967 bits per heavy atom. The van der Waals surface area contributed by atoms with Gasteiger partial charge in [-0.3, -0.25) is 9.52 Å². The second-order valence-corrected chi connectivity index (χ2v) is 9.17. The number of carbonyl (C=O) groups excluding carboxylic acids is 1. The van der Waals surface area contributed by atoms with Crippen LogP contribution in [0.1, 0.15) is 18.5 Å². The summed E-state index contributed by atoms with van der Waals surface area (Å²) in [6, 6.07) is 22.2. The van der Waals surface area contributed by atoms with Crippen molar-refractivity contribution in [3.05, 3.63) is 88.9 Å². The van der Waals surface area contributed by atoms with Gasteiger partial charge in [-0.05, 0) is 61.0 Å². The lowest BCUT2D eigenvalue weighted by Crippen LogP contribution is -2.31. The van der Waals surface area contributed by atoms with Crippen LogP contribution < -0.4 is 14.8 Å². The highest BCUT2D eigenvalue weighted by molar-refractivity contribution is 9.10. The average molecular weight is 489 g/mol. The number of nitrogens with one attached hydrogen (secondary N) is 2. The van der Waals surface area contributed by atoms with Crippen molar-refractivity contribution in [1.82, 2.24) is 5.32 Å². The molecular formula is C22H21BrN2O4S. The zero-order valence-electron chi connectivity index (χ0n) is 16.2. The molecule has 0 heterocycles. The van der Waals surface area contributed by atoms with E-state index in [1.54, 1.807) is 24.3 Å². The maximum absolute atomic E-state index is 12.5. The molecule has 30 heavy (non-hydrogen) atoms. The van der Waals surface area contributed by atoms with E-state index in [1.165, 1.54) is 24.3 Å². The Labute approximate surface area is 184 Å². The molecule has 2 N–H and O–H groups in total. The molecule has 0 bridgehead atoms. The first-order valence-corrected chi connectivity index (χ1v) is 11.5. The van der Waals surface area contributed by atoms with Crippen LogP contribution in [-0.4, -0.2) is 20.9 Å². The van der Waals surface area contributed by atoms with Crippen LogP contribution in [0.15, 0.2) is 88.2 Å². The van der Waals surface area contributed by atoms with Gasteiger partial charge in [-0.1, -0.05) is 46.3 Å². The third-order valence-electron chi connectivity index (χ3n) is 4.28. The second kappa shape index (κ2) is 9.77. The summed E-state index contributed by atoms with van der Waals surface area (Å²) in [4.78, 5) is 12.2. The van der Waals surface area contributed by atoms with Crippen LogP contribution in [0, 0.1) is 0 Å². The fourth-order valence-corrected chi connectivity index (χ4v) is 4.03. The molecule has 3 rings (SSSR count). The fourth-order valence-electron chi connectivity index (χ4n) is 2.70. The van der Waals surface area contributed by atoms with Crippen molar-refractivity contribution in [2.45, 2.75) is 17.9 Å². The van der Waals surface area contributed by atoms with Crippen LogP contribution in [0.3, 0.4) is 0 Å². The topological polar surface area (TPSA) is 84.5 Å². The van der Waals surface area contributed by atoms with Gasteiger partial charge >= 0.3 is 0 Å². The van der Waals surface area contributed by atoms with Crippen LogP contribution >= 0.6 is 15.9 Å². The molecule has 0 radical (unpaired) electrons. The largest absolute Gasteiger partial charge is 0.484 e. The number of hydrogen-bond donors (Lipinski definition) is 2. The summed E-state index contributed by atoms with van der Waals surface area (Å²) < 4.78 is 33.8. The lowest BCUT2D eigenvalue weighted by molar-refractivity contribution is -0.123. The third-order valence-corrected chi connectivity index (χ3v) is 6.20. The van der Waals surface area contributed by atoms with Gasteiger partial charge in [0.2, 0.25) is 0 Å². The molecule has 1 amide bonds. The minimum Gasteiger partial charge on any atom is -0.484 e. The number of amides is 1. The van der Waals surface area contributed by atoms with Gasteiger partial charge in [-0.25, -0.2) is 8.42 Å². The van der Waals surface area contributed by atoms with Crippen LogP contribution in [0.5, 0.6) is 5.75 Å². The Bertz CT molecular complexity index is 1090. The van der Waals surface area contributed by atoms with Gasteiger partial charge in [0.1, 0.15) is 5.75 Å². The zero-order chi connectivity index (χ0) is 21.6. The maximum atomic E-state index is 12.5. The molecule has 3 aromatic rings. The molecule has 1 atom stereocenters. The van der Waals surface area contributed by atoms with Crippen LogP contribution in [0.25, 0.3) is 0 Å². The van der Waals surface area contributed by atoms with Crippen molar-refractivity contribution in [3.63, 3.8) is 0 Å². The third kappa shape index (κ3) is 6.08. The van der Waals surface area contributed by atoms with Crippen molar-refractivity contribution in [2.24, 2.45) is 0 Å². The number of rotatable bonds is 8. The van der Waals surface area contributed by atoms with Crippen LogP contribution in [-0.2, 0) is 14.8 Å². The van der Waals surface area contributed by atoms with Crippen LogP contribution in [0.2, 0.25) is 0 Å². The average Bonchev–Trinajstić information content (AvgIpc) is 2.74. The lowest BCUT2D eigenvalue weighted by atomic mass is 10.1. The summed E-state index contributed by atoms with van der Waals surface area (Å²) >= 11 is 3.31.